The van der Waals surface area contributed by atoms with Crippen molar-refractivity contribution in [3.8, 4) is 0 Å². The Bertz CT molecular complexity index is 162. The normalized spacial score (nSPS) is 4.15. The van der Waals surface area contributed by atoms with Gasteiger partial charge in [0.05, 0.1) is 0 Å². The molecule has 0 unspecified atom stereocenters. The number of benzene rings is 1. The van der Waals surface area contributed by atoms with Crippen LogP contribution < -0.4 is 0 Å². The molecule has 0 aliphatic carbocycles. The van der Waals surface area contributed by atoms with Crippen LogP contribution in [0.15, 0.2) is 36.4 Å². The summed E-state index contributed by atoms with van der Waals surface area (Å²) in [6.07, 6.45) is 0. The fraction of sp³-hybridized carbons (Fsp3) is 0. The number of rotatable bonds is 0. The average molecular weight is 214 g/mol. The molecule has 0 bridgehead atoms. The zero-order chi connectivity index (χ0) is 10.2. The fourth-order valence-electron chi connectivity index (χ4n) is 0.385. The molecule has 0 aliphatic rings. The molecule has 4 heteroatoms. The van der Waals surface area contributed by atoms with Crippen molar-refractivity contribution in [3.05, 3.63) is 56.3 Å². The first-order chi connectivity index (χ1) is 6.00. The van der Waals surface area contributed by atoms with E-state index in [0.717, 1.165) is 0 Å². The molecule has 0 atom stereocenters. The summed E-state index contributed by atoms with van der Waals surface area (Å²) in [7, 11) is 0. The Morgan fingerprint density at radius 3 is 0.615 bits per heavy atom. The maximum Gasteiger partial charge on any atom is 0 e. The summed E-state index contributed by atoms with van der Waals surface area (Å²) >= 11 is 0. The first-order valence-corrected chi connectivity index (χ1v) is 2.61. The number of hydrogen-bond acceptors (Lipinski definition) is 0. The van der Waals surface area contributed by atoms with Crippen LogP contribution in [0.2, 0.25) is 0 Å². The molecule has 0 aliphatic heterocycles. The Labute approximate surface area is 88.1 Å². The van der Waals surface area contributed by atoms with Gasteiger partial charge in [-0.15, -0.1) is 0 Å². The predicted octanol–water partition coefficient (Wildman–Crippen LogP) is 1.57. The third-order valence-corrected chi connectivity index (χ3v) is 0.667. The van der Waals surface area contributed by atoms with Crippen molar-refractivity contribution in [1.82, 2.24) is 0 Å². The molecule has 0 aromatic heterocycles. The second kappa shape index (κ2) is 44.1. The van der Waals surface area contributed by atoms with Crippen molar-refractivity contribution < 1.29 is 31.3 Å². The van der Waals surface area contributed by atoms with Gasteiger partial charge in [-0.05, 0) is 0 Å². The van der Waals surface area contributed by atoms with E-state index in [2.05, 4.69) is 20.0 Å². The Morgan fingerprint density at radius 1 is 0.462 bits per heavy atom. The molecule has 1 rings (SSSR count). The Morgan fingerprint density at radius 2 is 0.538 bits per heavy atom. The van der Waals surface area contributed by atoms with E-state index in [1.54, 1.807) is 0 Å². The summed E-state index contributed by atoms with van der Waals surface area (Å²) in [5.41, 5.74) is 0. The van der Waals surface area contributed by atoms with E-state index in [-0.39, 0.29) is 17.4 Å². The van der Waals surface area contributed by atoms with E-state index < -0.39 is 0 Å². The van der Waals surface area contributed by atoms with E-state index in [1.807, 2.05) is 36.4 Å². The average Bonchev–Trinajstić information content (AvgIpc) is 2.29. The molecule has 3 nitrogen and oxygen atoms in total. The van der Waals surface area contributed by atoms with Gasteiger partial charge in [0, 0.05) is 17.4 Å². The maximum absolute atomic E-state index is 7.50. The second-order valence-corrected chi connectivity index (χ2v) is 1.15. The van der Waals surface area contributed by atoms with Crippen LogP contribution in [0, 0.1) is 20.0 Å². The quantitative estimate of drug-likeness (QED) is 0.465. The van der Waals surface area contributed by atoms with Crippen LogP contribution in [0.25, 0.3) is 0 Å². The number of hydrogen-bond donors (Lipinski definition) is 0. The van der Waals surface area contributed by atoms with Gasteiger partial charge in [-0.25, -0.2) is 0 Å². The third kappa shape index (κ3) is 35.7. The van der Waals surface area contributed by atoms with Crippen LogP contribution in [0.1, 0.15) is 0 Å². The minimum absolute atomic E-state index is 0. The van der Waals surface area contributed by atoms with Crippen molar-refractivity contribution in [2.75, 3.05) is 0 Å². The molecule has 0 fully saturated rings. The van der Waals surface area contributed by atoms with Gasteiger partial charge >= 0.3 is 33.9 Å². The Kier molecular flexibility index (Phi) is 77.0. The third-order valence-electron chi connectivity index (χ3n) is 0.667. The van der Waals surface area contributed by atoms with Crippen molar-refractivity contribution in [3.63, 3.8) is 0 Å². The van der Waals surface area contributed by atoms with Crippen molar-refractivity contribution in [2.45, 2.75) is 0 Å². The van der Waals surface area contributed by atoms with Crippen molar-refractivity contribution in [1.29, 1.82) is 0 Å². The summed E-state index contributed by atoms with van der Waals surface area (Å²) in [5.74, 6) is 0. The van der Waals surface area contributed by atoms with E-state index in [9.17, 15) is 0 Å². The largest absolute Gasteiger partial charge is 0.0623 e. The van der Waals surface area contributed by atoms with E-state index in [4.69, 9.17) is 14.0 Å². The smallest absolute Gasteiger partial charge is 0 e. The van der Waals surface area contributed by atoms with Gasteiger partial charge in [0.1, 0.15) is 0 Å². The van der Waals surface area contributed by atoms with E-state index in [1.165, 1.54) is 0 Å². The predicted molar refractivity (Wildman–Crippen MR) is 38.2 cm³/mol. The van der Waals surface area contributed by atoms with E-state index in [0.29, 0.717) is 0 Å². The maximum atomic E-state index is 7.50. The summed E-state index contributed by atoms with van der Waals surface area (Å²) in [6.45, 7) is 13.5. The topological polar surface area (TPSA) is 59.7 Å². The van der Waals surface area contributed by atoms with Gasteiger partial charge in [-0.1, -0.05) is 36.4 Å². The van der Waals surface area contributed by atoms with Gasteiger partial charge in [0.15, 0.2) is 0 Å². The van der Waals surface area contributed by atoms with Crippen LogP contribution in [-0.2, 0) is 31.3 Å². The van der Waals surface area contributed by atoms with Crippen LogP contribution >= 0.6 is 0 Å². The second-order valence-electron chi connectivity index (χ2n) is 1.15. The Hall–Kier alpha value is -1.03. The summed E-state index contributed by atoms with van der Waals surface area (Å²) in [6, 6.07) is 12.0. The summed E-state index contributed by atoms with van der Waals surface area (Å²) in [4.78, 5) is 0. The van der Waals surface area contributed by atoms with Gasteiger partial charge in [-0.2, -0.15) is 0 Å². The molecule has 0 radical (unpaired) electrons. The van der Waals surface area contributed by atoms with Crippen LogP contribution in [0.4, 0.5) is 0 Å². The monoisotopic (exact) mass is 214 g/mol. The molecular formula is C9H6CrO3. The van der Waals surface area contributed by atoms with Gasteiger partial charge < -0.3 is 0 Å². The van der Waals surface area contributed by atoms with Crippen LogP contribution in [0.5, 0.6) is 0 Å². The minimum atomic E-state index is 0. The molecule has 0 amide bonds. The first kappa shape index (κ1) is 22.7. The molecule has 0 N–H and O–H groups in total. The molecule has 0 heterocycles. The van der Waals surface area contributed by atoms with Gasteiger partial charge in [-0.3, -0.25) is 0 Å². The van der Waals surface area contributed by atoms with Crippen LogP contribution in [0.3, 0.4) is 0 Å². The zero-order valence-electron chi connectivity index (χ0n) is 6.60. The standard InChI is InChI=1S/C6H6.3CO.Cr/c1-2-4-6-5-3-1;3*1-2;/h1-6H;;;;. The summed E-state index contributed by atoms with van der Waals surface area (Å²) < 4.78 is 22.5. The first-order valence-electron chi connectivity index (χ1n) is 2.61. The van der Waals surface area contributed by atoms with Crippen LogP contribution in [-0.4, -0.2) is 0 Å². The van der Waals surface area contributed by atoms with E-state index >= 15 is 0 Å². The van der Waals surface area contributed by atoms with Crippen molar-refractivity contribution >= 4 is 0 Å². The fourth-order valence-corrected chi connectivity index (χ4v) is 0.385. The van der Waals surface area contributed by atoms with Gasteiger partial charge in [0.25, 0.3) is 0 Å². The molecule has 1 aromatic rings. The Balaban J connectivity index is -0.0000000508. The van der Waals surface area contributed by atoms with Crippen molar-refractivity contribution in [2.24, 2.45) is 0 Å². The molecule has 13 heavy (non-hydrogen) atoms. The summed E-state index contributed by atoms with van der Waals surface area (Å²) in [5, 5.41) is 0. The molecule has 1 aromatic carbocycles. The molecule has 0 saturated heterocycles. The molecular weight excluding hydrogens is 208 g/mol. The minimum Gasteiger partial charge on any atom is -0.0623 e. The SMILES string of the molecule is [C-]#[O+].[C-]#[O+].[C-]#[O+].[Cr].c1ccccc1. The molecule has 0 saturated carbocycles. The molecule has 0 spiro atoms. The zero-order valence-corrected chi connectivity index (χ0v) is 7.87. The molecule has 66 valence electrons. The van der Waals surface area contributed by atoms with Gasteiger partial charge in [0.2, 0.25) is 0 Å².